The van der Waals surface area contributed by atoms with E-state index in [1.807, 2.05) is 40.9 Å². The number of nitrogens with zero attached hydrogens (tertiary/aromatic N) is 4. The summed E-state index contributed by atoms with van der Waals surface area (Å²) in [5, 5.41) is 13.9. The highest BCUT2D eigenvalue weighted by Crippen LogP contribution is 2.22. The van der Waals surface area contributed by atoms with Gasteiger partial charge in [0.1, 0.15) is 10.8 Å². The van der Waals surface area contributed by atoms with E-state index in [-0.39, 0.29) is 0 Å². The van der Waals surface area contributed by atoms with Crippen LogP contribution in [0.1, 0.15) is 36.2 Å². The van der Waals surface area contributed by atoms with E-state index in [0.717, 1.165) is 46.4 Å². The lowest BCUT2D eigenvalue weighted by Crippen LogP contribution is -1.95. The van der Waals surface area contributed by atoms with Gasteiger partial charge in [0.05, 0.1) is 7.11 Å². The van der Waals surface area contributed by atoms with E-state index < -0.39 is 0 Å². The average molecular weight is 314 g/mol. The first-order valence-electron chi connectivity index (χ1n) is 7.34. The summed E-state index contributed by atoms with van der Waals surface area (Å²) in [5.74, 6) is 1.79. The molecule has 3 aromatic rings. The van der Waals surface area contributed by atoms with Crippen LogP contribution in [0.3, 0.4) is 0 Å². The van der Waals surface area contributed by atoms with Gasteiger partial charge >= 0.3 is 0 Å². The second kappa shape index (κ2) is 6.70. The van der Waals surface area contributed by atoms with E-state index in [1.54, 1.807) is 7.11 Å². The number of unbranched alkanes of at least 4 members (excludes halogenated alkanes) is 1. The zero-order chi connectivity index (χ0) is 15.4. The first-order valence-corrected chi connectivity index (χ1v) is 8.15. The summed E-state index contributed by atoms with van der Waals surface area (Å²) in [6.45, 7) is 2.17. The molecular weight excluding hydrogens is 296 g/mol. The molecule has 22 heavy (non-hydrogen) atoms. The predicted molar refractivity (Wildman–Crippen MR) is 89.2 cm³/mol. The van der Waals surface area contributed by atoms with Crippen molar-refractivity contribution < 1.29 is 4.74 Å². The summed E-state index contributed by atoms with van der Waals surface area (Å²) in [7, 11) is 1.68. The fraction of sp³-hybridized carbons (Fsp3) is 0.312. The third kappa shape index (κ3) is 3.01. The minimum Gasteiger partial charge on any atom is -0.496 e. The normalized spacial score (nSPS) is 11.5. The highest BCUT2D eigenvalue weighted by Gasteiger charge is 2.09. The highest BCUT2D eigenvalue weighted by atomic mass is 32.1. The van der Waals surface area contributed by atoms with E-state index >= 15 is 0 Å². The maximum Gasteiger partial charge on any atom is 0.234 e. The van der Waals surface area contributed by atoms with Crippen molar-refractivity contribution >= 4 is 28.4 Å². The number of ether oxygens (including phenoxy) is 1. The molecule has 0 aliphatic rings. The summed E-state index contributed by atoms with van der Waals surface area (Å²) in [6.07, 6.45) is 7.15. The predicted octanol–water partition coefficient (Wildman–Crippen LogP) is 3.71. The molecule has 0 atom stereocenters. The van der Waals surface area contributed by atoms with Gasteiger partial charge in [0.15, 0.2) is 5.82 Å². The monoisotopic (exact) mass is 314 g/mol. The Hall–Kier alpha value is -2.21. The number of para-hydroxylation sites is 1. The van der Waals surface area contributed by atoms with Gasteiger partial charge in [0.2, 0.25) is 4.96 Å². The smallest absolute Gasteiger partial charge is 0.234 e. The lowest BCUT2D eigenvalue weighted by atomic mass is 10.2. The molecule has 0 aliphatic heterocycles. The van der Waals surface area contributed by atoms with Gasteiger partial charge in [0, 0.05) is 12.0 Å². The quantitative estimate of drug-likeness (QED) is 0.696. The van der Waals surface area contributed by atoms with Crippen molar-refractivity contribution in [1.29, 1.82) is 0 Å². The molecule has 114 valence electrons. The first-order chi connectivity index (χ1) is 10.8. The van der Waals surface area contributed by atoms with Crippen molar-refractivity contribution in [3.8, 4) is 5.75 Å². The zero-order valence-electron chi connectivity index (χ0n) is 12.7. The van der Waals surface area contributed by atoms with E-state index in [1.165, 1.54) is 11.3 Å². The molecule has 0 saturated carbocycles. The molecule has 0 fully saturated rings. The van der Waals surface area contributed by atoms with Gasteiger partial charge in [-0.3, -0.25) is 0 Å². The maximum absolute atomic E-state index is 5.35. The fourth-order valence-electron chi connectivity index (χ4n) is 2.20. The SMILES string of the molecule is CCCCc1nnc2sc(/C=C/c3ccccc3OC)nn12. The van der Waals surface area contributed by atoms with E-state index in [4.69, 9.17) is 4.74 Å². The Morgan fingerprint density at radius 2 is 2.09 bits per heavy atom. The first kappa shape index (κ1) is 14.7. The Morgan fingerprint density at radius 1 is 1.23 bits per heavy atom. The number of hydrogen-bond donors (Lipinski definition) is 0. The summed E-state index contributed by atoms with van der Waals surface area (Å²) < 4.78 is 7.19. The lowest BCUT2D eigenvalue weighted by Gasteiger charge is -2.02. The van der Waals surface area contributed by atoms with Crippen molar-refractivity contribution in [2.24, 2.45) is 0 Å². The van der Waals surface area contributed by atoms with Crippen LogP contribution in [0.4, 0.5) is 0 Å². The van der Waals surface area contributed by atoms with Crippen LogP contribution in [0.5, 0.6) is 5.75 Å². The lowest BCUT2D eigenvalue weighted by molar-refractivity contribution is 0.414. The molecule has 0 aliphatic carbocycles. The summed E-state index contributed by atoms with van der Waals surface area (Å²) in [6, 6.07) is 7.91. The molecule has 0 amide bonds. The highest BCUT2D eigenvalue weighted by molar-refractivity contribution is 7.17. The van der Waals surface area contributed by atoms with Crippen LogP contribution in [-0.2, 0) is 6.42 Å². The number of hydrogen-bond acceptors (Lipinski definition) is 5. The standard InChI is InChI=1S/C16H18N4OS/c1-3-4-9-14-17-18-16-20(14)19-15(22-16)11-10-12-7-5-6-8-13(12)21-2/h5-8,10-11H,3-4,9H2,1-2H3/b11-10+. The number of aromatic nitrogens is 4. The van der Waals surface area contributed by atoms with Crippen LogP contribution in [-0.4, -0.2) is 26.9 Å². The Labute approximate surface area is 133 Å². The molecule has 1 aromatic carbocycles. The van der Waals surface area contributed by atoms with Crippen molar-refractivity contribution in [3.05, 3.63) is 40.7 Å². The van der Waals surface area contributed by atoms with Crippen molar-refractivity contribution in [2.45, 2.75) is 26.2 Å². The number of aryl methyl sites for hydroxylation is 1. The van der Waals surface area contributed by atoms with Gasteiger partial charge in [-0.25, -0.2) is 0 Å². The van der Waals surface area contributed by atoms with Gasteiger partial charge in [-0.15, -0.1) is 10.2 Å². The molecule has 0 N–H and O–H groups in total. The molecule has 0 bridgehead atoms. The van der Waals surface area contributed by atoms with Crippen LogP contribution in [0.15, 0.2) is 24.3 Å². The number of methoxy groups -OCH3 is 1. The average Bonchev–Trinajstić information content (AvgIpc) is 3.11. The fourth-order valence-corrected chi connectivity index (χ4v) is 2.96. The second-order valence-electron chi connectivity index (χ2n) is 4.93. The molecule has 0 radical (unpaired) electrons. The molecule has 5 nitrogen and oxygen atoms in total. The number of fused-ring (bicyclic) bond motifs is 1. The van der Waals surface area contributed by atoms with Crippen molar-refractivity contribution in [2.75, 3.05) is 7.11 Å². The molecule has 2 heterocycles. The molecule has 0 spiro atoms. The Morgan fingerprint density at radius 3 is 2.91 bits per heavy atom. The van der Waals surface area contributed by atoms with Gasteiger partial charge in [-0.2, -0.15) is 9.61 Å². The minimum absolute atomic E-state index is 0.839. The van der Waals surface area contributed by atoms with E-state index in [0.29, 0.717) is 0 Å². The number of benzene rings is 1. The molecule has 0 saturated heterocycles. The summed E-state index contributed by atoms with van der Waals surface area (Å²) in [4.78, 5) is 0.839. The largest absolute Gasteiger partial charge is 0.496 e. The van der Waals surface area contributed by atoms with Crippen LogP contribution < -0.4 is 4.74 Å². The van der Waals surface area contributed by atoms with Crippen LogP contribution in [0, 0.1) is 0 Å². The van der Waals surface area contributed by atoms with Gasteiger partial charge < -0.3 is 4.74 Å². The molecular formula is C16H18N4OS. The second-order valence-corrected chi connectivity index (χ2v) is 5.92. The molecule has 0 unspecified atom stereocenters. The van der Waals surface area contributed by atoms with Crippen molar-refractivity contribution in [1.82, 2.24) is 19.8 Å². The molecule has 2 aromatic heterocycles. The van der Waals surface area contributed by atoms with E-state index in [2.05, 4.69) is 22.2 Å². The van der Waals surface area contributed by atoms with Crippen molar-refractivity contribution in [3.63, 3.8) is 0 Å². The molecule has 6 heteroatoms. The Balaban J connectivity index is 1.84. The number of rotatable bonds is 6. The Bertz CT molecular complexity index is 790. The Kier molecular flexibility index (Phi) is 4.48. The topological polar surface area (TPSA) is 52.3 Å². The van der Waals surface area contributed by atoms with Crippen LogP contribution in [0.2, 0.25) is 0 Å². The van der Waals surface area contributed by atoms with Gasteiger partial charge in [0.25, 0.3) is 0 Å². The molecule has 3 rings (SSSR count). The van der Waals surface area contributed by atoms with Crippen LogP contribution >= 0.6 is 11.3 Å². The van der Waals surface area contributed by atoms with E-state index in [9.17, 15) is 0 Å². The van der Waals surface area contributed by atoms with Gasteiger partial charge in [-0.05, 0) is 24.6 Å². The maximum atomic E-state index is 5.35. The third-order valence-corrected chi connectivity index (χ3v) is 4.23. The third-order valence-electron chi connectivity index (χ3n) is 3.37. The minimum atomic E-state index is 0.839. The van der Waals surface area contributed by atoms with Gasteiger partial charge in [-0.1, -0.05) is 42.9 Å². The van der Waals surface area contributed by atoms with Crippen LogP contribution in [0.25, 0.3) is 17.1 Å². The zero-order valence-corrected chi connectivity index (χ0v) is 13.5. The summed E-state index contributed by atoms with van der Waals surface area (Å²) >= 11 is 1.53. The summed E-state index contributed by atoms with van der Waals surface area (Å²) in [5.41, 5.74) is 1.03.